The molecule has 1 N–H and O–H groups in total. The van der Waals surface area contributed by atoms with Crippen LogP contribution in [0.1, 0.15) is 34.6 Å². The summed E-state index contributed by atoms with van der Waals surface area (Å²) in [6, 6.07) is 11.8. The third kappa shape index (κ3) is 2.44. The van der Waals surface area contributed by atoms with Crippen molar-refractivity contribution in [1.82, 2.24) is 14.8 Å². The lowest BCUT2D eigenvalue weighted by molar-refractivity contribution is -0.128. The van der Waals surface area contributed by atoms with E-state index in [1.165, 1.54) is 0 Å². The summed E-state index contributed by atoms with van der Waals surface area (Å²) in [7, 11) is 0. The molecule has 6 nitrogen and oxygen atoms in total. The average Bonchev–Trinajstić information content (AvgIpc) is 3.25. The molecule has 2 saturated heterocycles. The Bertz CT molecular complexity index is 916. The Morgan fingerprint density at radius 2 is 1.88 bits per heavy atom. The van der Waals surface area contributed by atoms with Crippen LogP contribution in [0.15, 0.2) is 36.4 Å². The normalized spacial score (nSPS) is 22.3. The SMILES string of the molecule is Cc1cc(C(=O)N2CCC3(CC(=O)NC3=O)C2)c(C)n1-c1ccccc1. The third-order valence-electron chi connectivity index (χ3n) is 5.55. The van der Waals surface area contributed by atoms with Crippen LogP contribution < -0.4 is 5.32 Å². The molecule has 2 aromatic rings. The highest BCUT2D eigenvalue weighted by molar-refractivity contribution is 6.07. The third-order valence-corrected chi connectivity index (χ3v) is 5.55. The summed E-state index contributed by atoms with van der Waals surface area (Å²) in [4.78, 5) is 38.5. The first-order valence-corrected chi connectivity index (χ1v) is 8.79. The zero-order valence-electron chi connectivity index (χ0n) is 14.9. The van der Waals surface area contributed by atoms with Crippen molar-refractivity contribution in [3.8, 4) is 5.69 Å². The standard InChI is InChI=1S/C20H21N3O3/c1-13-10-16(14(2)23(13)15-6-4-3-5-7-15)18(25)22-9-8-20(12-22)11-17(24)21-19(20)26/h3-7,10H,8-9,11-12H2,1-2H3,(H,21,24,26). The minimum absolute atomic E-state index is 0.0793. The van der Waals surface area contributed by atoms with Crippen molar-refractivity contribution in [2.24, 2.45) is 5.41 Å². The molecule has 0 radical (unpaired) electrons. The number of imide groups is 1. The van der Waals surface area contributed by atoms with Gasteiger partial charge in [-0.15, -0.1) is 0 Å². The van der Waals surface area contributed by atoms with Crippen LogP contribution in [0.25, 0.3) is 5.69 Å². The summed E-state index contributed by atoms with van der Waals surface area (Å²) in [5.41, 5.74) is 2.79. The van der Waals surface area contributed by atoms with E-state index in [4.69, 9.17) is 0 Å². The second-order valence-corrected chi connectivity index (χ2v) is 7.27. The van der Waals surface area contributed by atoms with Crippen LogP contribution in [0.3, 0.4) is 0 Å². The maximum absolute atomic E-state index is 13.1. The number of amides is 3. The van der Waals surface area contributed by atoms with Gasteiger partial charge in [0.1, 0.15) is 0 Å². The summed E-state index contributed by atoms with van der Waals surface area (Å²) in [5.74, 6) is -0.566. The van der Waals surface area contributed by atoms with E-state index in [0.717, 1.165) is 17.1 Å². The van der Waals surface area contributed by atoms with Crippen molar-refractivity contribution in [1.29, 1.82) is 0 Å². The number of para-hydroxylation sites is 1. The zero-order chi connectivity index (χ0) is 18.5. The van der Waals surface area contributed by atoms with Gasteiger partial charge in [-0.05, 0) is 38.5 Å². The van der Waals surface area contributed by atoms with Gasteiger partial charge in [-0.2, -0.15) is 0 Å². The van der Waals surface area contributed by atoms with E-state index < -0.39 is 5.41 Å². The highest BCUT2D eigenvalue weighted by Crippen LogP contribution is 2.38. The van der Waals surface area contributed by atoms with Gasteiger partial charge in [0.05, 0.1) is 11.0 Å². The van der Waals surface area contributed by atoms with Crippen molar-refractivity contribution in [3.05, 3.63) is 53.3 Å². The fourth-order valence-corrected chi connectivity index (χ4v) is 4.19. The second kappa shape index (κ2) is 5.83. The Hall–Kier alpha value is -2.89. The molecule has 3 heterocycles. The maximum Gasteiger partial charge on any atom is 0.255 e. The number of nitrogens with one attached hydrogen (secondary N) is 1. The van der Waals surface area contributed by atoms with Crippen LogP contribution in [-0.2, 0) is 9.59 Å². The lowest BCUT2D eigenvalue weighted by Gasteiger charge is -2.20. The van der Waals surface area contributed by atoms with E-state index in [-0.39, 0.29) is 24.1 Å². The molecule has 1 aromatic carbocycles. The number of benzene rings is 1. The molecule has 3 amide bonds. The van der Waals surface area contributed by atoms with Gasteiger partial charge >= 0.3 is 0 Å². The first kappa shape index (κ1) is 16.6. The molecule has 0 aliphatic carbocycles. The summed E-state index contributed by atoms with van der Waals surface area (Å²) < 4.78 is 2.06. The molecular formula is C20H21N3O3. The van der Waals surface area contributed by atoms with Gasteiger partial charge in [-0.1, -0.05) is 18.2 Å². The molecule has 0 bridgehead atoms. The van der Waals surface area contributed by atoms with E-state index in [2.05, 4.69) is 9.88 Å². The molecule has 1 unspecified atom stereocenters. The van der Waals surface area contributed by atoms with Gasteiger partial charge in [-0.25, -0.2) is 0 Å². The summed E-state index contributed by atoms with van der Waals surface area (Å²) in [5, 5.41) is 2.37. The quantitative estimate of drug-likeness (QED) is 0.841. The minimum atomic E-state index is -0.738. The van der Waals surface area contributed by atoms with Crippen LogP contribution in [0.2, 0.25) is 0 Å². The van der Waals surface area contributed by atoms with Crippen LogP contribution in [-0.4, -0.2) is 40.3 Å². The van der Waals surface area contributed by atoms with Crippen LogP contribution in [0.4, 0.5) is 0 Å². The van der Waals surface area contributed by atoms with E-state index in [0.29, 0.717) is 25.1 Å². The molecule has 1 spiro atoms. The van der Waals surface area contributed by atoms with Crippen LogP contribution in [0.5, 0.6) is 0 Å². The monoisotopic (exact) mass is 351 g/mol. The Balaban J connectivity index is 1.62. The molecule has 2 aliphatic heterocycles. The fourth-order valence-electron chi connectivity index (χ4n) is 4.19. The van der Waals surface area contributed by atoms with Gasteiger partial charge in [-0.3, -0.25) is 19.7 Å². The molecule has 2 aliphatic rings. The largest absolute Gasteiger partial charge is 0.337 e. The summed E-state index contributed by atoms with van der Waals surface area (Å²) in [6.45, 7) is 4.71. The number of aryl methyl sites for hydroxylation is 1. The van der Waals surface area contributed by atoms with Gasteiger partial charge in [0.25, 0.3) is 5.91 Å². The predicted octanol–water partition coefficient (Wildman–Crippen LogP) is 1.97. The van der Waals surface area contributed by atoms with E-state index in [9.17, 15) is 14.4 Å². The number of aromatic nitrogens is 1. The fraction of sp³-hybridized carbons (Fsp3) is 0.350. The topological polar surface area (TPSA) is 71.4 Å². The second-order valence-electron chi connectivity index (χ2n) is 7.27. The number of hydrogen-bond donors (Lipinski definition) is 1. The molecule has 6 heteroatoms. The Labute approximate surface area is 151 Å². The number of carbonyl (C=O) groups excluding carboxylic acids is 3. The molecule has 4 rings (SSSR count). The van der Waals surface area contributed by atoms with Crippen molar-refractivity contribution in [2.75, 3.05) is 13.1 Å². The number of hydrogen-bond acceptors (Lipinski definition) is 3. The lowest BCUT2D eigenvalue weighted by atomic mass is 9.85. The van der Waals surface area contributed by atoms with E-state index in [1.807, 2.05) is 50.2 Å². The van der Waals surface area contributed by atoms with Gasteiger partial charge in [0.15, 0.2) is 0 Å². The van der Waals surface area contributed by atoms with Gasteiger partial charge in [0, 0.05) is 36.6 Å². The van der Waals surface area contributed by atoms with E-state index in [1.54, 1.807) is 4.90 Å². The number of nitrogens with zero attached hydrogens (tertiary/aromatic N) is 2. The average molecular weight is 351 g/mol. The number of likely N-dealkylation sites (tertiary alicyclic amines) is 1. The Morgan fingerprint density at radius 1 is 1.15 bits per heavy atom. The van der Waals surface area contributed by atoms with Crippen molar-refractivity contribution < 1.29 is 14.4 Å². The molecule has 1 atom stereocenters. The van der Waals surface area contributed by atoms with Crippen LogP contribution in [0, 0.1) is 19.3 Å². The molecule has 134 valence electrons. The first-order chi connectivity index (χ1) is 12.4. The smallest absolute Gasteiger partial charge is 0.255 e. The molecular weight excluding hydrogens is 330 g/mol. The number of rotatable bonds is 2. The van der Waals surface area contributed by atoms with Gasteiger partial charge in [0.2, 0.25) is 11.8 Å². The highest BCUT2D eigenvalue weighted by atomic mass is 16.2. The predicted molar refractivity (Wildman–Crippen MR) is 96.0 cm³/mol. The van der Waals surface area contributed by atoms with Crippen LogP contribution >= 0.6 is 0 Å². The summed E-state index contributed by atoms with van der Waals surface area (Å²) >= 11 is 0. The Kier molecular flexibility index (Phi) is 3.72. The first-order valence-electron chi connectivity index (χ1n) is 8.79. The minimum Gasteiger partial charge on any atom is -0.337 e. The molecule has 1 aromatic heterocycles. The van der Waals surface area contributed by atoms with Crippen molar-refractivity contribution in [2.45, 2.75) is 26.7 Å². The number of carbonyl (C=O) groups is 3. The molecule has 26 heavy (non-hydrogen) atoms. The molecule has 2 fully saturated rings. The van der Waals surface area contributed by atoms with Gasteiger partial charge < -0.3 is 9.47 Å². The van der Waals surface area contributed by atoms with E-state index >= 15 is 0 Å². The van der Waals surface area contributed by atoms with Crippen molar-refractivity contribution >= 4 is 17.7 Å². The highest BCUT2D eigenvalue weighted by Gasteiger charge is 2.52. The lowest BCUT2D eigenvalue weighted by Crippen LogP contribution is -2.36. The Morgan fingerprint density at radius 3 is 2.54 bits per heavy atom. The summed E-state index contributed by atoms with van der Waals surface area (Å²) in [6.07, 6.45) is 0.715. The molecule has 0 saturated carbocycles. The van der Waals surface area contributed by atoms with Crippen molar-refractivity contribution in [3.63, 3.8) is 0 Å². The zero-order valence-corrected chi connectivity index (χ0v) is 14.9. The maximum atomic E-state index is 13.1.